The predicted molar refractivity (Wildman–Crippen MR) is 123 cm³/mol. The van der Waals surface area contributed by atoms with Crippen molar-refractivity contribution in [2.45, 2.75) is 49.3 Å². The molecule has 0 spiro atoms. The van der Waals surface area contributed by atoms with Crippen LogP contribution in [0, 0.1) is 0 Å². The van der Waals surface area contributed by atoms with Gasteiger partial charge in [0.15, 0.2) is 0 Å². The second-order valence-electron chi connectivity index (χ2n) is 9.36. The number of nitrogens with two attached hydrogens (primary N) is 1. The van der Waals surface area contributed by atoms with Crippen molar-refractivity contribution in [3.05, 3.63) is 83.4 Å². The molecule has 4 rings (SSSR count). The monoisotopic (exact) mass is 541 g/mol. The summed E-state index contributed by atoms with van der Waals surface area (Å²) in [5, 5.41) is 10.8. The van der Waals surface area contributed by atoms with Gasteiger partial charge < -0.3 is 20.4 Å². The van der Waals surface area contributed by atoms with Gasteiger partial charge in [-0.1, -0.05) is 30.3 Å². The van der Waals surface area contributed by atoms with Crippen LogP contribution in [0.15, 0.2) is 61.2 Å². The van der Waals surface area contributed by atoms with E-state index in [2.05, 4.69) is 15.5 Å². The number of nitrogens with one attached hydrogen (secondary N) is 1. The molecule has 0 radical (unpaired) electrons. The third-order valence-electron chi connectivity index (χ3n) is 7.04. The highest BCUT2D eigenvalue weighted by molar-refractivity contribution is 5.83. The molecule has 2 aromatic carbocycles. The van der Waals surface area contributed by atoms with Crippen LogP contribution in [0.3, 0.4) is 0 Å². The number of halogens is 6. The van der Waals surface area contributed by atoms with Crippen molar-refractivity contribution in [2.75, 3.05) is 13.2 Å². The second kappa shape index (κ2) is 10.0. The summed E-state index contributed by atoms with van der Waals surface area (Å²) in [6, 6.07) is 10.4. The number of primary amides is 1. The van der Waals surface area contributed by atoms with Gasteiger partial charge in [-0.25, -0.2) is 0 Å². The number of ether oxygens (including phenoxy) is 1. The first kappa shape index (κ1) is 27.6. The highest BCUT2D eigenvalue weighted by Crippen LogP contribution is 2.40. The number of alkyl halides is 6. The smallest absolute Gasteiger partial charge is 0.372 e. The van der Waals surface area contributed by atoms with Gasteiger partial charge in [0.25, 0.3) is 0 Å². The predicted octanol–water partition coefficient (Wildman–Crippen LogP) is 4.55. The van der Waals surface area contributed by atoms with E-state index < -0.39 is 46.6 Å². The van der Waals surface area contributed by atoms with Crippen LogP contribution >= 0.6 is 0 Å². The largest absolute Gasteiger partial charge is 0.416 e. The molecule has 38 heavy (non-hydrogen) atoms. The Morgan fingerprint density at radius 1 is 1.03 bits per heavy atom. The van der Waals surface area contributed by atoms with Crippen molar-refractivity contribution >= 4 is 5.91 Å². The lowest BCUT2D eigenvalue weighted by atomic mass is 9.76. The first-order valence-corrected chi connectivity index (χ1v) is 11.6. The van der Waals surface area contributed by atoms with E-state index in [0.29, 0.717) is 18.6 Å². The zero-order valence-electron chi connectivity index (χ0n) is 20.2. The molecule has 0 saturated carbocycles. The topological polar surface area (TPSA) is 95.1 Å². The quantitative estimate of drug-likeness (QED) is 0.428. The van der Waals surface area contributed by atoms with Gasteiger partial charge in [-0.15, -0.1) is 10.2 Å². The molecule has 1 saturated heterocycles. The first-order chi connectivity index (χ1) is 17.8. The van der Waals surface area contributed by atoms with Crippen molar-refractivity contribution in [1.82, 2.24) is 20.1 Å². The second-order valence-corrected chi connectivity index (χ2v) is 9.36. The van der Waals surface area contributed by atoms with Crippen molar-refractivity contribution in [2.24, 2.45) is 5.73 Å². The van der Waals surface area contributed by atoms with Crippen LogP contribution in [0.25, 0.3) is 0 Å². The van der Waals surface area contributed by atoms with Crippen LogP contribution in [-0.2, 0) is 33.0 Å². The fraction of sp³-hybridized carbons (Fsp3) is 0.400. The summed E-state index contributed by atoms with van der Waals surface area (Å²) >= 11 is 0. The van der Waals surface area contributed by atoms with Crippen LogP contribution < -0.4 is 11.1 Å². The Bertz CT molecular complexity index is 1220. The van der Waals surface area contributed by atoms with E-state index >= 15 is 0 Å². The van der Waals surface area contributed by atoms with Gasteiger partial charge in [-0.05, 0) is 49.1 Å². The molecule has 1 amide bonds. The maximum atomic E-state index is 13.3. The van der Waals surface area contributed by atoms with Crippen molar-refractivity contribution in [3.8, 4) is 0 Å². The van der Waals surface area contributed by atoms with E-state index in [-0.39, 0.29) is 31.2 Å². The maximum absolute atomic E-state index is 13.3. The molecule has 1 fully saturated rings. The van der Waals surface area contributed by atoms with Gasteiger partial charge in [-0.2, -0.15) is 26.3 Å². The van der Waals surface area contributed by atoms with Gasteiger partial charge in [0, 0.05) is 6.54 Å². The normalized spacial score (nSPS) is 23.2. The molecule has 7 nitrogen and oxygen atoms in total. The van der Waals surface area contributed by atoms with Crippen molar-refractivity contribution in [1.29, 1.82) is 0 Å². The lowest BCUT2D eigenvalue weighted by molar-refractivity contribution is -0.143. The average Bonchev–Trinajstić information content (AvgIpc) is 3.42. The summed E-state index contributed by atoms with van der Waals surface area (Å²) in [4.78, 5) is 12.5. The number of carbonyl (C=O) groups excluding carboxylic acids is 1. The van der Waals surface area contributed by atoms with Gasteiger partial charge in [0.2, 0.25) is 5.91 Å². The zero-order chi connectivity index (χ0) is 27.8. The molecule has 3 atom stereocenters. The van der Waals surface area contributed by atoms with Crippen LogP contribution in [0.4, 0.5) is 26.3 Å². The summed E-state index contributed by atoms with van der Waals surface area (Å²) < 4.78 is 87.5. The number of piperidine rings is 1. The van der Waals surface area contributed by atoms with Gasteiger partial charge >= 0.3 is 12.4 Å². The van der Waals surface area contributed by atoms with Crippen molar-refractivity contribution < 1.29 is 35.9 Å². The van der Waals surface area contributed by atoms with Crippen LogP contribution in [-0.4, -0.2) is 33.8 Å². The fourth-order valence-corrected chi connectivity index (χ4v) is 4.68. The Labute approximate surface area is 214 Å². The van der Waals surface area contributed by atoms with E-state index in [1.807, 2.05) is 12.1 Å². The molecule has 3 aromatic rings. The summed E-state index contributed by atoms with van der Waals surface area (Å²) in [6.07, 6.45) is -7.72. The molecule has 2 heterocycles. The summed E-state index contributed by atoms with van der Waals surface area (Å²) in [7, 11) is 0. The maximum Gasteiger partial charge on any atom is 0.416 e. The summed E-state index contributed by atoms with van der Waals surface area (Å²) in [5.74, 6) is -0.607. The van der Waals surface area contributed by atoms with Crippen molar-refractivity contribution in [3.63, 3.8) is 0 Å². The van der Waals surface area contributed by atoms with E-state index in [1.54, 1.807) is 18.2 Å². The standard InChI is InChI=1S/C25H25F6N5O2/c1-16(17-9-19(24(26,27)28)11-20(10-17)25(29,30)31)38-13-22(18-5-3-2-4-6-18)7-8-23(12-33-22,21(32)37)36-14-34-35-15-36/h2-6,9-11,14-16,33H,7-8,12-13H2,1H3,(H2,32,37)/t16-,22-,23-/m1/s1. The SMILES string of the molecule is C[C@@H](OC[C@@]1(c2ccccc2)CC[C@@](C(N)=O)(n2cnnc2)CN1)c1cc(C(F)(F)F)cc(C(F)(F)F)c1. The number of aromatic nitrogens is 3. The number of benzene rings is 2. The molecule has 3 N–H and O–H groups in total. The molecule has 0 bridgehead atoms. The summed E-state index contributed by atoms with van der Waals surface area (Å²) in [6.45, 7) is 1.35. The number of hydrogen-bond acceptors (Lipinski definition) is 5. The molecule has 0 aliphatic carbocycles. The molecule has 0 unspecified atom stereocenters. The first-order valence-electron chi connectivity index (χ1n) is 11.6. The van der Waals surface area contributed by atoms with Gasteiger partial charge in [-0.3, -0.25) is 4.79 Å². The molecule has 1 aliphatic rings. The zero-order valence-corrected chi connectivity index (χ0v) is 20.2. The molecular weight excluding hydrogens is 516 g/mol. The average molecular weight is 541 g/mol. The molecule has 1 aromatic heterocycles. The Balaban J connectivity index is 1.62. The molecule has 13 heteroatoms. The highest BCUT2D eigenvalue weighted by atomic mass is 19.4. The van der Waals surface area contributed by atoms with Gasteiger partial charge in [0.1, 0.15) is 18.2 Å². The number of hydrogen-bond donors (Lipinski definition) is 2. The Hall–Kier alpha value is -3.45. The minimum absolute atomic E-state index is 0.0643. The van der Waals surface area contributed by atoms with E-state index in [1.165, 1.54) is 24.1 Å². The van der Waals surface area contributed by atoms with E-state index in [9.17, 15) is 31.1 Å². The third-order valence-corrected chi connectivity index (χ3v) is 7.04. The molecule has 204 valence electrons. The highest BCUT2D eigenvalue weighted by Gasteiger charge is 2.48. The number of nitrogens with zero attached hydrogens (tertiary/aromatic N) is 3. The van der Waals surface area contributed by atoms with Crippen LogP contribution in [0.5, 0.6) is 0 Å². The molecular formula is C25H25F6N5O2. The van der Waals surface area contributed by atoms with Gasteiger partial charge in [0.05, 0.1) is 29.4 Å². The molecule has 1 aliphatic heterocycles. The number of amides is 1. The third kappa shape index (κ3) is 5.39. The van der Waals surface area contributed by atoms with Crippen LogP contribution in [0.1, 0.15) is 48.1 Å². The van der Waals surface area contributed by atoms with Crippen LogP contribution in [0.2, 0.25) is 0 Å². The lowest BCUT2D eigenvalue weighted by Crippen LogP contribution is -2.62. The van der Waals surface area contributed by atoms with E-state index in [0.717, 1.165) is 5.56 Å². The van der Waals surface area contributed by atoms with E-state index in [4.69, 9.17) is 10.5 Å². The lowest BCUT2D eigenvalue weighted by Gasteiger charge is -2.46. The Kier molecular flexibility index (Phi) is 7.28. The number of carbonyl (C=O) groups is 1. The Morgan fingerprint density at radius 2 is 1.61 bits per heavy atom. The minimum Gasteiger partial charge on any atom is -0.372 e. The number of rotatable bonds is 7. The Morgan fingerprint density at radius 3 is 2.08 bits per heavy atom. The minimum atomic E-state index is -4.97. The fourth-order valence-electron chi connectivity index (χ4n) is 4.68. The summed E-state index contributed by atoms with van der Waals surface area (Å²) in [5.41, 5.74) is 1.36.